The molecule has 1 aromatic carbocycles. The maximum Gasteiger partial charge on any atom is 0.122 e. The van der Waals surface area contributed by atoms with E-state index in [1.807, 2.05) is 19.2 Å². The van der Waals surface area contributed by atoms with Gasteiger partial charge in [0.1, 0.15) is 11.6 Å². The van der Waals surface area contributed by atoms with E-state index >= 15 is 0 Å². The van der Waals surface area contributed by atoms with E-state index in [2.05, 4.69) is 41.3 Å². The maximum atomic E-state index is 5.55. The first-order valence-corrected chi connectivity index (χ1v) is 6.73. The van der Waals surface area contributed by atoms with Crippen molar-refractivity contribution in [3.8, 4) is 17.0 Å². The molecule has 0 atom stereocenters. The van der Waals surface area contributed by atoms with Crippen molar-refractivity contribution in [3.63, 3.8) is 0 Å². The van der Waals surface area contributed by atoms with Crippen LogP contribution in [0.3, 0.4) is 0 Å². The highest BCUT2D eigenvalue weighted by Crippen LogP contribution is 2.25. The number of aromatic amines is 1. The Morgan fingerprint density at radius 3 is 2.84 bits per heavy atom. The third-order valence-corrected chi connectivity index (χ3v) is 2.96. The molecule has 0 radical (unpaired) electrons. The molecule has 1 heterocycles. The Kier molecular flexibility index (Phi) is 4.58. The van der Waals surface area contributed by atoms with Crippen LogP contribution in [0.15, 0.2) is 24.4 Å². The van der Waals surface area contributed by atoms with Crippen molar-refractivity contribution in [2.45, 2.75) is 27.3 Å². The van der Waals surface area contributed by atoms with Gasteiger partial charge >= 0.3 is 0 Å². The van der Waals surface area contributed by atoms with Gasteiger partial charge in [0.2, 0.25) is 0 Å². The second-order valence-corrected chi connectivity index (χ2v) is 4.44. The second kappa shape index (κ2) is 6.38. The second-order valence-electron chi connectivity index (χ2n) is 4.44. The summed E-state index contributed by atoms with van der Waals surface area (Å²) in [5, 5.41) is 3.25. The Morgan fingerprint density at radius 1 is 1.32 bits per heavy atom. The Hall–Kier alpha value is -1.81. The molecule has 0 aliphatic heterocycles. The van der Waals surface area contributed by atoms with Crippen molar-refractivity contribution >= 4 is 0 Å². The highest BCUT2D eigenvalue weighted by molar-refractivity contribution is 5.61. The zero-order valence-corrected chi connectivity index (χ0v) is 11.8. The molecule has 0 amide bonds. The summed E-state index contributed by atoms with van der Waals surface area (Å²) in [5.41, 5.74) is 3.32. The number of benzene rings is 1. The lowest BCUT2D eigenvalue weighted by atomic mass is 10.1. The average molecular weight is 259 g/mol. The van der Waals surface area contributed by atoms with Crippen LogP contribution in [0.2, 0.25) is 0 Å². The minimum absolute atomic E-state index is 0.692. The van der Waals surface area contributed by atoms with Gasteiger partial charge in [-0.15, -0.1) is 0 Å². The lowest BCUT2D eigenvalue weighted by Gasteiger charge is -2.08. The van der Waals surface area contributed by atoms with Gasteiger partial charge in [-0.1, -0.05) is 6.92 Å². The molecule has 0 fully saturated rings. The molecule has 0 spiro atoms. The van der Waals surface area contributed by atoms with Crippen LogP contribution in [-0.4, -0.2) is 23.1 Å². The van der Waals surface area contributed by atoms with Crippen molar-refractivity contribution in [1.82, 2.24) is 15.3 Å². The molecule has 19 heavy (non-hydrogen) atoms. The predicted octanol–water partition coefficient (Wildman–Crippen LogP) is 2.89. The molecule has 0 saturated heterocycles. The van der Waals surface area contributed by atoms with Gasteiger partial charge in [0.05, 0.1) is 25.0 Å². The molecule has 2 rings (SSSR count). The maximum absolute atomic E-state index is 5.55. The van der Waals surface area contributed by atoms with Gasteiger partial charge in [0.15, 0.2) is 0 Å². The highest BCUT2D eigenvalue weighted by atomic mass is 16.5. The fourth-order valence-electron chi connectivity index (χ4n) is 1.98. The minimum atomic E-state index is 0.692. The van der Waals surface area contributed by atoms with Crippen molar-refractivity contribution in [1.29, 1.82) is 0 Å². The van der Waals surface area contributed by atoms with E-state index in [0.29, 0.717) is 6.61 Å². The molecule has 0 saturated carbocycles. The normalized spacial score (nSPS) is 10.7. The van der Waals surface area contributed by atoms with Crippen LogP contribution in [-0.2, 0) is 6.54 Å². The number of aryl methyl sites for hydroxylation is 1. The summed E-state index contributed by atoms with van der Waals surface area (Å²) in [7, 11) is 0. The van der Waals surface area contributed by atoms with Crippen LogP contribution in [0.1, 0.15) is 25.2 Å². The zero-order chi connectivity index (χ0) is 13.7. The van der Waals surface area contributed by atoms with E-state index in [1.165, 1.54) is 0 Å². The van der Waals surface area contributed by atoms with Gasteiger partial charge in [-0.2, -0.15) is 0 Å². The number of nitrogens with one attached hydrogen (secondary N) is 2. The van der Waals surface area contributed by atoms with E-state index in [9.17, 15) is 0 Å². The van der Waals surface area contributed by atoms with E-state index in [-0.39, 0.29) is 0 Å². The summed E-state index contributed by atoms with van der Waals surface area (Å²) in [6.45, 7) is 8.54. The molecule has 102 valence electrons. The minimum Gasteiger partial charge on any atom is -0.494 e. The van der Waals surface area contributed by atoms with Crippen LogP contribution in [0.4, 0.5) is 0 Å². The first-order valence-electron chi connectivity index (χ1n) is 6.73. The summed E-state index contributed by atoms with van der Waals surface area (Å²) in [4.78, 5) is 7.70. The Balaban J connectivity index is 2.17. The smallest absolute Gasteiger partial charge is 0.122 e. The van der Waals surface area contributed by atoms with Gasteiger partial charge in [-0.05, 0) is 44.2 Å². The molecule has 2 aromatic rings. The van der Waals surface area contributed by atoms with Crippen molar-refractivity contribution in [2.75, 3.05) is 13.2 Å². The summed E-state index contributed by atoms with van der Waals surface area (Å²) < 4.78 is 5.55. The Labute approximate surface area is 114 Å². The SMILES string of the molecule is CCNCc1ncc(-c2ccc(OCC)c(C)c2)[nH]1. The van der Waals surface area contributed by atoms with E-state index in [1.54, 1.807) is 0 Å². The summed E-state index contributed by atoms with van der Waals surface area (Å²) >= 11 is 0. The topological polar surface area (TPSA) is 49.9 Å². The Morgan fingerprint density at radius 2 is 2.16 bits per heavy atom. The number of nitrogens with zero attached hydrogens (tertiary/aromatic N) is 1. The van der Waals surface area contributed by atoms with Gasteiger partial charge in [0.25, 0.3) is 0 Å². The molecule has 0 aliphatic carbocycles. The summed E-state index contributed by atoms with van der Waals surface area (Å²) in [5.74, 6) is 1.90. The highest BCUT2D eigenvalue weighted by Gasteiger charge is 2.06. The lowest BCUT2D eigenvalue weighted by Crippen LogP contribution is -2.12. The molecular formula is C15H21N3O. The van der Waals surface area contributed by atoms with E-state index in [4.69, 9.17) is 4.74 Å². The van der Waals surface area contributed by atoms with Gasteiger partial charge < -0.3 is 15.0 Å². The Bertz CT molecular complexity index is 534. The number of rotatable bonds is 6. The molecule has 0 unspecified atom stereocenters. The lowest BCUT2D eigenvalue weighted by molar-refractivity contribution is 0.338. The quantitative estimate of drug-likeness (QED) is 0.838. The van der Waals surface area contributed by atoms with E-state index in [0.717, 1.165) is 41.5 Å². The van der Waals surface area contributed by atoms with Gasteiger partial charge in [-0.3, -0.25) is 0 Å². The van der Waals surface area contributed by atoms with Crippen molar-refractivity contribution in [2.24, 2.45) is 0 Å². The zero-order valence-electron chi connectivity index (χ0n) is 11.8. The first kappa shape index (κ1) is 13.6. The number of imidazole rings is 1. The fourth-order valence-corrected chi connectivity index (χ4v) is 1.98. The van der Waals surface area contributed by atoms with Crippen LogP contribution in [0, 0.1) is 6.92 Å². The van der Waals surface area contributed by atoms with Crippen molar-refractivity contribution < 1.29 is 4.74 Å². The molecule has 0 bridgehead atoms. The number of aromatic nitrogens is 2. The standard InChI is InChI=1S/C15H21N3O/c1-4-16-10-15-17-9-13(18-15)12-6-7-14(19-5-2)11(3)8-12/h6-9,16H,4-5,10H2,1-3H3,(H,17,18). The molecule has 1 aromatic heterocycles. The molecule has 2 N–H and O–H groups in total. The number of H-pyrrole nitrogens is 1. The van der Waals surface area contributed by atoms with Crippen LogP contribution >= 0.6 is 0 Å². The third-order valence-electron chi connectivity index (χ3n) is 2.96. The molecule has 4 nitrogen and oxygen atoms in total. The van der Waals surface area contributed by atoms with Crippen LogP contribution < -0.4 is 10.1 Å². The number of ether oxygens (including phenoxy) is 1. The van der Waals surface area contributed by atoms with Gasteiger partial charge in [-0.25, -0.2) is 4.98 Å². The number of hydrogen-bond donors (Lipinski definition) is 2. The third kappa shape index (κ3) is 3.35. The molecular weight excluding hydrogens is 238 g/mol. The summed E-state index contributed by atoms with van der Waals surface area (Å²) in [6.07, 6.45) is 1.88. The monoisotopic (exact) mass is 259 g/mol. The average Bonchev–Trinajstić information content (AvgIpc) is 2.88. The molecule has 0 aliphatic rings. The molecule has 4 heteroatoms. The summed E-state index contributed by atoms with van der Waals surface area (Å²) in [6, 6.07) is 6.19. The van der Waals surface area contributed by atoms with E-state index < -0.39 is 0 Å². The van der Waals surface area contributed by atoms with Crippen LogP contribution in [0.25, 0.3) is 11.3 Å². The van der Waals surface area contributed by atoms with Gasteiger partial charge in [0, 0.05) is 5.56 Å². The predicted molar refractivity (Wildman–Crippen MR) is 77.3 cm³/mol. The first-order chi connectivity index (χ1) is 9.24. The van der Waals surface area contributed by atoms with Crippen LogP contribution in [0.5, 0.6) is 5.75 Å². The number of hydrogen-bond acceptors (Lipinski definition) is 3. The fraction of sp³-hybridized carbons (Fsp3) is 0.400. The van der Waals surface area contributed by atoms with Crippen molar-refractivity contribution in [3.05, 3.63) is 35.8 Å². The largest absolute Gasteiger partial charge is 0.494 e.